The van der Waals surface area contributed by atoms with Crippen LogP contribution in [-0.2, 0) is 0 Å². The number of hydrogen-bond donors (Lipinski definition) is 1. The molecule has 2 aromatic rings. The predicted octanol–water partition coefficient (Wildman–Crippen LogP) is 4.84. The third kappa shape index (κ3) is 3.98. The maximum Gasteiger partial charge on any atom is 0.128 e. The first-order chi connectivity index (χ1) is 9.60. The molecule has 0 saturated carbocycles. The summed E-state index contributed by atoms with van der Waals surface area (Å²) in [5.41, 5.74) is 1.78. The molecule has 0 radical (unpaired) electrons. The molecule has 0 bridgehead atoms. The highest BCUT2D eigenvalue weighted by molar-refractivity contribution is 7.99. The third-order valence-corrected chi connectivity index (χ3v) is 4.46. The van der Waals surface area contributed by atoms with Gasteiger partial charge in [-0.3, -0.25) is 0 Å². The van der Waals surface area contributed by atoms with E-state index in [1.165, 1.54) is 6.07 Å². The minimum Gasteiger partial charge on any atom is -0.312 e. The molecular formula is C16H17ClFNS. The number of rotatable bonds is 5. The van der Waals surface area contributed by atoms with E-state index < -0.39 is 0 Å². The van der Waals surface area contributed by atoms with Crippen LogP contribution in [0, 0.1) is 12.7 Å². The monoisotopic (exact) mass is 309 g/mol. The van der Waals surface area contributed by atoms with Crippen molar-refractivity contribution in [1.29, 1.82) is 0 Å². The van der Waals surface area contributed by atoms with Crippen LogP contribution in [0.1, 0.15) is 17.2 Å². The summed E-state index contributed by atoms with van der Waals surface area (Å²) in [4.78, 5) is 1.13. The number of nitrogens with one attached hydrogen (secondary N) is 1. The topological polar surface area (TPSA) is 12.0 Å². The van der Waals surface area contributed by atoms with Crippen molar-refractivity contribution in [1.82, 2.24) is 5.32 Å². The highest BCUT2D eigenvalue weighted by atomic mass is 35.5. The Balaban J connectivity index is 2.09. The average Bonchev–Trinajstić information content (AvgIpc) is 2.45. The Labute approximate surface area is 128 Å². The van der Waals surface area contributed by atoms with E-state index in [-0.39, 0.29) is 11.9 Å². The van der Waals surface area contributed by atoms with Crippen LogP contribution in [-0.4, -0.2) is 12.8 Å². The van der Waals surface area contributed by atoms with Crippen molar-refractivity contribution < 1.29 is 4.39 Å². The second-order valence-corrected chi connectivity index (χ2v) is 6.16. The molecule has 0 fully saturated rings. The first-order valence-corrected chi connectivity index (χ1v) is 7.78. The molecule has 0 aliphatic heterocycles. The van der Waals surface area contributed by atoms with Gasteiger partial charge in [-0.2, -0.15) is 0 Å². The van der Waals surface area contributed by atoms with Gasteiger partial charge >= 0.3 is 0 Å². The van der Waals surface area contributed by atoms with Gasteiger partial charge in [0.1, 0.15) is 5.82 Å². The van der Waals surface area contributed by atoms with Gasteiger partial charge in [-0.15, -0.1) is 11.8 Å². The van der Waals surface area contributed by atoms with Crippen LogP contribution < -0.4 is 5.32 Å². The zero-order chi connectivity index (χ0) is 14.5. The van der Waals surface area contributed by atoms with E-state index in [1.54, 1.807) is 17.8 Å². The molecule has 0 aliphatic carbocycles. The Morgan fingerprint density at radius 3 is 2.55 bits per heavy atom. The normalized spacial score (nSPS) is 12.4. The van der Waals surface area contributed by atoms with Gasteiger partial charge in [0.2, 0.25) is 0 Å². The molecule has 2 aromatic carbocycles. The van der Waals surface area contributed by atoms with Crippen LogP contribution >= 0.6 is 23.4 Å². The van der Waals surface area contributed by atoms with Crippen LogP contribution in [0.4, 0.5) is 4.39 Å². The van der Waals surface area contributed by atoms with E-state index in [4.69, 9.17) is 11.6 Å². The molecule has 0 aliphatic rings. The summed E-state index contributed by atoms with van der Waals surface area (Å²) in [5.74, 6) is 0.602. The summed E-state index contributed by atoms with van der Waals surface area (Å²) in [6, 6.07) is 12.9. The van der Waals surface area contributed by atoms with Gasteiger partial charge in [-0.25, -0.2) is 4.39 Å². The Hall–Kier alpha value is -1.03. The van der Waals surface area contributed by atoms with Crippen molar-refractivity contribution in [2.24, 2.45) is 0 Å². The maximum atomic E-state index is 13.9. The number of halogens is 2. The number of benzene rings is 2. The van der Waals surface area contributed by atoms with Crippen LogP contribution in [0.3, 0.4) is 0 Å². The quantitative estimate of drug-likeness (QED) is 0.793. The van der Waals surface area contributed by atoms with Gasteiger partial charge in [-0.05, 0) is 44.3 Å². The zero-order valence-electron chi connectivity index (χ0n) is 11.5. The SMILES string of the molecule is CNC(CSc1ccc(Cl)cc1)c1cc(C)ccc1F. The van der Waals surface area contributed by atoms with Gasteiger partial charge in [0.15, 0.2) is 0 Å². The van der Waals surface area contributed by atoms with E-state index in [2.05, 4.69) is 5.32 Å². The Morgan fingerprint density at radius 2 is 1.90 bits per heavy atom. The lowest BCUT2D eigenvalue weighted by molar-refractivity contribution is 0.565. The second-order valence-electron chi connectivity index (χ2n) is 4.63. The number of hydrogen-bond acceptors (Lipinski definition) is 2. The second kappa shape index (κ2) is 7.11. The van der Waals surface area contributed by atoms with Crippen LogP contribution in [0.2, 0.25) is 5.02 Å². The minimum absolute atomic E-state index is 0.0180. The molecule has 1 nitrogen and oxygen atoms in total. The summed E-state index contributed by atoms with van der Waals surface area (Å²) >= 11 is 7.55. The summed E-state index contributed by atoms with van der Waals surface area (Å²) in [6.07, 6.45) is 0. The first-order valence-electron chi connectivity index (χ1n) is 6.42. The van der Waals surface area contributed by atoms with Crippen LogP contribution in [0.5, 0.6) is 0 Å². The fourth-order valence-corrected chi connectivity index (χ4v) is 3.13. The van der Waals surface area contributed by atoms with Crippen molar-refractivity contribution >= 4 is 23.4 Å². The summed E-state index contributed by atoms with van der Waals surface area (Å²) in [7, 11) is 1.86. The van der Waals surface area contributed by atoms with E-state index in [0.717, 1.165) is 21.2 Å². The van der Waals surface area contributed by atoms with E-state index in [1.807, 2.05) is 44.3 Å². The molecule has 1 atom stereocenters. The molecule has 0 amide bonds. The molecule has 20 heavy (non-hydrogen) atoms. The molecule has 1 N–H and O–H groups in total. The number of thioether (sulfide) groups is 1. The van der Waals surface area contributed by atoms with Crippen LogP contribution in [0.25, 0.3) is 0 Å². The smallest absolute Gasteiger partial charge is 0.128 e. The lowest BCUT2D eigenvalue weighted by Crippen LogP contribution is -2.20. The average molecular weight is 310 g/mol. The van der Waals surface area contributed by atoms with Crippen LogP contribution in [0.15, 0.2) is 47.4 Å². The van der Waals surface area contributed by atoms with E-state index >= 15 is 0 Å². The largest absolute Gasteiger partial charge is 0.312 e. The molecule has 4 heteroatoms. The minimum atomic E-state index is -0.161. The fraction of sp³-hybridized carbons (Fsp3) is 0.250. The van der Waals surface area contributed by atoms with Gasteiger partial charge in [0.25, 0.3) is 0 Å². The molecule has 0 aromatic heterocycles. The lowest BCUT2D eigenvalue weighted by atomic mass is 10.1. The standard InChI is InChI=1S/C16H17ClFNS/c1-11-3-8-15(18)14(9-11)16(19-2)10-20-13-6-4-12(17)5-7-13/h3-9,16,19H,10H2,1-2H3. The lowest BCUT2D eigenvalue weighted by Gasteiger charge is -2.17. The van der Waals surface area contributed by atoms with Crippen molar-refractivity contribution in [2.45, 2.75) is 17.9 Å². The van der Waals surface area contributed by atoms with Crippen molar-refractivity contribution in [3.63, 3.8) is 0 Å². The van der Waals surface area contributed by atoms with Gasteiger partial charge in [0.05, 0.1) is 0 Å². The first kappa shape index (κ1) is 15.4. The summed E-state index contributed by atoms with van der Waals surface area (Å²) in [5, 5.41) is 3.91. The third-order valence-electron chi connectivity index (χ3n) is 3.11. The van der Waals surface area contributed by atoms with Gasteiger partial charge < -0.3 is 5.32 Å². The summed E-state index contributed by atoms with van der Waals surface area (Å²) in [6.45, 7) is 1.97. The van der Waals surface area contributed by atoms with Gasteiger partial charge in [0, 0.05) is 27.3 Å². The molecule has 0 saturated heterocycles. The molecule has 0 heterocycles. The van der Waals surface area contributed by atoms with E-state index in [9.17, 15) is 4.39 Å². The maximum absolute atomic E-state index is 13.9. The summed E-state index contributed by atoms with van der Waals surface area (Å²) < 4.78 is 13.9. The zero-order valence-corrected chi connectivity index (χ0v) is 13.1. The number of aryl methyl sites for hydroxylation is 1. The predicted molar refractivity (Wildman–Crippen MR) is 85.1 cm³/mol. The molecule has 1 unspecified atom stereocenters. The molecular weight excluding hydrogens is 293 g/mol. The Bertz CT molecular complexity index is 571. The van der Waals surface area contributed by atoms with Crippen molar-refractivity contribution in [3.05, 3.63) is 64.4 Å². The van der Waals surface area contributed by atoms with E-state index in [0.29, 0.717) is 5.56 Å². The Kier molecular flexibility index (Phi) is 5.46. The molecule has 2 rings (SSSR count). The fourth-order valence-electron chi connectivity index (χ4n) is 1.97. The Morgan fingerprint density at radius 1 is 1.20 bits per heavy atom. The highest BCUT2D eigenvalue weighted by Crippen LogP contribution is 2.27. The highest BCUT2D eigenvalue weighted by Gasteiger charge is 2.14. The van der Waals surface area contributed by atoms with Gasteiger partial charge in [-0.1, -0.05) is 29.3 Å². The molecule has 106 valence electrons. The van der Waals surface area contributed by atoms with Crippen molar-refractivity contribution in [2.75, 3.05) is 12.8 Å². The van der Waals surface area contributed by atoms with Crippen molar-refractivity contribution in [3.8, 4) is 0 Å². The molecule has 0 spiro atoms.